The fourth-order valence-corrected chi connectivity index (χ4v) is 4.12. The van der Waals surface area contributed by atoms with Gasteiger partial charge in [0.2, 0.25) is 34.8 Å². The molecule has 202 valence electrons. The predicted molar refractivity (Wildman–Crippen MR) is 132 cm³/mol. The van der Waals surface area contributed by atoms with Crippen molar-refractivity contribution in [3.63, 3.8) is 0 Å². The Labute approximate surface area is 221 Å². The van der Waals surface area contributed by atoms with Crippen LogP contribution in [0.15, 0.2) is 91.0 Å². The smallest absolute Gasteiger partial charge is 0.313 e. The number of carbonyl (C=O) groups excluding carboxylic acids is 1. The van der Waals surface area contributed by atoms with E-state index in [-0.39, 0.29) is 19.8 Å². The van der Waals surface area contributed by atoms with Crippen molar-refractivity contribution in [1.82, 2.24) is 0 Å². The number of hydrogen-bond donors (Lipinski definition) is 0. The van der Waals surface area contributed by atoms with Crippen molar-refractivity contribution in [2.75, 3.05) is 19.8 Å². The van der Waals surface area contributed by atoms with Crippen molar-refractivity contribution >= 4 is 5.97 Å². The highest BCUT2D eigenvalue weighted by Gasteiger charge is 2.37. The molecule has 0 heterocycles. The van der Waals surface area contributed by atoms with Gasteiger partial charge in [0.05, 0.1) is 26.2 Å². The third kappa shape index (κ3) is 6.00. The fraction of sp³-hybridized carbons (Fsp3) is 0.167. The summed E-state index contributed by atoms with van der Waals surface area (Å²) in [6.07, 6.45) is -0.499. The molecule has 0 aliphatic heterocycles. The molecular weight excluding hydrogens is 519 g/mol. The highest BCUT2D eigenvalue weighted by molar-refractivity contribution is 5.72. The van der Waals surface area contributed by atoms with E-state index >= 15 is 0 Å². The second kappa shape index (κ2) is 12.6. The Balaban J connectivity index is 1.42. The Kier molecular flexibility index (Phi) is 9.06. The number of benzene rings is 4. The third-order valence-corrected chi connectivity index (χ3v) is 5.92. The van der Waals surface area contributed by atoms with Gasteiger partial charge in [-0.2, -0.15) is 8.78 Å². The van der Waals surface area contributed by atoms with Crippen LogP contribution in [0.3, 0.4) is 0 Å². The number of ether oxygens (including phenoxy) is 3. The van der Waals surface area contributed by atoms with Crippen molar-refractivity contribution in [3.8, 4) is 5.75 Å². The lowest BCUT2D eigenvalue weighted by molar-refractivity contribution is -0.136. The number of halogens is 5. The summed E-state index contributed by atoms with van der Waals surface area (Å²) < 4.78 is 83.6. The van der Waals surface area contributed by atoms with Gasteiger partial charge in [-0.05, 0) is 16.7 Å². The summed E-state index contributed by atoms with van der Waals surface area (Å²) in [5.74, 6) is -14.1. The van der Waals surface area contributed by atoms with Gasteiger partial charge in [0.1, 0.15) is 5.60 Å². The topological polar surface area (TPSA) is 44.8 Å². The third-order valence-electron chi connectivity index (χ3n) is 5.92. The normalized spacial score (nSPS) is 11.4. The molecule has 0 saturated carbocycles. The highest BCUT2D eigenvalue weighted by atomic mass is 19.2. The maximum absolute atomic E-state index is 13.7. The molecule has 0 N–H and O–H groups in total. The zero-order valence-electron chi connectivity index (χ0n) is 20.5. The number of esters is 1. The van der Waals surface area contributed by atoms with Gasteiger partial charge in [-0.25, -0.2) is 13.2 Å². The minimum absolute atomic E-state index is 0.0318. The zero-order chi connectivity index (χ0) is 27.8. The van der Waals surface area contributed by atoms with E-state index in [0.717, 1.165) is 16.7 Å². The quantitative estimate of drug-likeness (QED) is 0.0402. The van der Waals surface area contributed by atoms with Gasteiger partial charge in [-0.15, -0.1) is 0 Å². The summed E-state index contributed by atoms with van der Waals surface area (Å²) in [5.41, 5.74) is 1.68. The first kappa shape index (κ1) is 27.9. The summed E-state index contributed by atoms with van der Waals surface area (Å²) in [6.45, 7) is -0.123. The van der Waals surface area contributed by atoms with Crippen molar-refractivity contribution in [3.05, 3.63) is 137 Å². The Morgan fingerprint density at radius 2 is 0.974 bits per heavy atom. The van der Waals surface area contributed by atoms with E-state index in [1.807, 2.05) is 91.0 Å². The van der Waals surface area contributed by atoms with Crippen LogP contribution in [0.5, 0.6) is 5.75 Å². The molecule has 4 nitrogen and oxygen atoms in total. The molecule has 0 fully saturated rings. The van der Waals surface area contributed by atoms with Crippen LogP contribution in [-0.2, 0) is 19.9 Å². The summed E-state index contributed by atoms with van der Waals surface area (Å²) in [7, 11) is 0. The van der Waals surface area contributed by atoms with E-state index in [0.29, 0.717) is 0 Å². The number of rotatable bonds is 11. The average molecular weight is 543 g/mol. The minimum Gasteiger partial charge on any atom is -0.420 e. The molecule has 4 aromatic rings. The molecule has 4 rings (SSSR count). The zero-order valence-corrected chi connectivity index (χ0v) is 20.5. The molecule has 0 aliphatic carbocycles. The van der Waals surface area contributed by atoms with Crippen LogP contribution in [0, 0.1) is 29.1 Å². The Morgan fingerprint density at radius 1 is 0.564 bits per heavy atom. The van der Waals surface area contributed by atoms with E-state index in [4.69, 9.17) is 9.47 Å². The molecule has 0 amide bonds. The van der Waals surface area contributed by atoms with Crippen molar-refractivity contribution in [2.24, 2.45) is 0 Å². The molecule has 0 saturated heterocycles. The molecule has 0 radical (unpaired) electrons. The Bertz CT molecular complexity index is 1270. The van der Waals surface area contributed by atoms with Gasteiger partial charge < -0.3 is 14.2 Å². The molecular formula is C30H23F5O4. The Hall–Kier alpha value is -4.08. The summed E-state index contributed by atoms with van der Waals surface area (Å²) >= 11 is 0. The van der Waals surface area contributed by atoms with Gasteiger partial charge in [0.25, 0.3) is 0 Å². The molecule has 0 unspecified atom stereocenters. The van der Waals surface area contributed by atoms with Crippen molar-refractivity contribution in [2.45, 2.75) is 12.0 Å². The lowest BCUT2D eigenvalue weighted by atomic mass is 9.80. The van der Waals surface area contributed by atoms with Crippen molar-refractivity contribution in [1.29, 1.82) is 0 Å². The summed E-state index contributed by atoms with van der Waals surface area (Å²) in [5, 5.41) is 0. The standard InChI is InChI=1S/C30H23F5O4/c31-24-25(32)27(34)29(28(35)26(24)33)39-23(36)16-17-37-18-19-38-30(20-10-4-1-5-11-20,21-12-6-2-7-13-21)22-14-8-3-9-15-22/h1-15H,16-19H2. The van der Waals surface area contributed by atoms with Gasteiger partial charge in [0.15, 0.2) is 0 Å². The van der Waals surface area contributed by atoms with E-state index < -0.39 is 52.8 Å². The van der Waals surface area contributed by atoms with Crippen molar-refractivity contribution < 1.29 is 41.0 Å². The SMILES string of the molecule is O=C(CCOCCOC(c1ccccc1)(c1ccccc1)c1ccccc1)Oc1c(F)c(F)c(F)c(F)c1F. The van der Waals surface area contributed by atoms with E-state index in [9.17, 15) is 26.7 Å². The van der Waals surface area contributed by atoms with Crippen LogP contribution in [0.1, 0.15) is 23.1 Å². The minimum atomic E-state index is -2.34. The van der Waals surface area contributed by atoms with Crippen LogP contribution >= 0.6 is 0 Å². The molecule has 9 heteroatoms. The van der Waals surface area contributed by atoms with E-state index in [1.165, 1.54) is 0 Å². The molecule has 0 spiro atoms. The highest BCUT2D eigenvalue weighted by Crippen LogP contribution is 2.40. The molecule has 4 aromatic carbocycles. The maximum atomic E-state index is 13.7. The first-order valence-electron chi connectivity index (χ1n) is 12.0. The second-order valence-electron chi connectivity index (χ2n) is 8.36. The lowest BCUT2D eigenvalue weighted by Gasteiger charge is -2.36. The molecule has 0 bridgehead atoms. The van der Waals surface area contributed by atoms with E-state index in [2.05, 4.69) is 4.74 Å². The van der Waals surface area contributed by atoms with Crippen LogP contribution in [0.4, 0.5) is 22.0 Å². The monoisotopic (exact) mass is 542 g/mol. The first-order chi connectivity index (χ1) is 18.9. The molecule has 0 aliphatic rings. The van der Waals surface area contributed by atoms with Crippen LogP contribution < -0.4 is 4.74 Å². The maximum Gasteiger partial charge on any atom is 0.313 e. The summed E-state index contributed by atoms with van der Waals surface area (Å²) in [6, 6.07) is 28.9. The first-order valence-corrected chi connectivity index (χ1v) is 12.0. The molecule has 0 atom stereocenters. The van der Waals surface area contributed by atoms with Gasteiger partial charge >= 0.3 is 5.97 Å². The molecule has 0 aromatic heterocycles. The van der Waals surface area contributed by atoms with E-state index in [1.54, 1.807) is 0 Å². The summed E-state index contributed by atoms with van der Waals surface area (Å²) in [4.78, 5) is 12.0. The fourth-order valence-electron chi connectivity index (χ4n) is 4.12. The van der Waals surface area contributed by atoms with Gasteiger partial charge in [-0.3, -0.25) is 4.79 Å². The van der Waals surface area contributed by atoms with Gasteiger partial charge in [0, 0.05) is 0 Å². The second-order valence-corrected chi connectivity index (χ2v) is 8.36. The predicted octanol–water partition coefficient (Wildman–Crippen LogP) is 6.70. The largest absolute Gasteiger partial charge is 0.420 e. The number of hydrogen-bond acceptors (Lipinski definition) is 4. The number of carbonyl (C=O) groups is 1. The molecule has 39 heavy (non-hydrogen) atoms. The van der Waals surface area contributed by atoms with Crippen LogP contribution in [-0.4, -0.2) is 25.8 Å². The lowest BCUT2D eigenvalue weighted by Crippen LogP contribution is -2.34. The van der Waals surface area contributed by atoms with Crippen LogP contribution in [0.25, 0.3) is 0 Å². The van der Waals surface area contributed by atoms with Crippen LogP contribution in [0.2, 0.25) is 0 Å². The Morgan fingerprint density at radius 3 is 1.41 bits per heavy atom. The van der Waals surface area contributed by atoms with Gasteiger partial charge in [-0.1, -0.05) is 91.0 Å². The average Bonchev–Trinajstić information content (AvgIpc) is 2.98.